The summed E-state index contributed by atoms with van der Waals surface area (Å²) in [5.74, 6) is 1.12. The first-order valence-corrected chi connectivity index (χ1v) is 11.8. The monoisotopic (exact) mass is 449 g/mol. The van der Waals surface area contributed by atoms with E-state index in [1.54, 1.807) is 22.4 Å². The third kappa shape index (κ3) is 4.55. The molecule has 1 amide bonds. The molecule has 7 nitrogen and oxygen atoms in total. The van der Waals surface area contributed by atoms with E-state index in [0.717, 1.165) is 22.8 Å². The number of nitrogens with zero attached hydrogens (tertiary/aromatic N) is 4. The van der Waals surface area contributed by atoms with Gasteiger partial charge in [-0.1, -0.05) is 60.6 Å². The fourth-order valence-electron chi connectivity index (χ4n) is 3.52. The summed E-state index contributed by atoms with van der Waals surface area (Å²) in [4.78, 5) is 25.5. The van der Waals surface area contributed by atoms with Crippen LogP contribution in [0.2, 0.25) is 0 Å². The van der Waals surface area contributed by atoms with Crippen LogP contribution in [-0.2, 0) is 17.1 Å². The van der Waals surface area contributed by atoms with Gasteiger partial charge in [-0.05, 0) is 38.0 Å². The lowest BCUT2D eigenvalue weighted by Gasteiger charge is -2.13. The first-order valence-electron chi connectivity index (χ1n) is 10.8. The summed E-state index contributed by atoms with van der Waals surface area (Å²) in [6.07, 6.45) is 1.06. The van der Waals surface area contributed by atoms with Gasteiger partial charge in [0.2, 0.25) is 11.7 Å². The van der Waals surface area contributed by atoms with Crippen molar-refractivity contribution in [1.82, 2.24) is 24.5 Å². The number of fused-ring (bicyclic) bond motifs is 3. The summed E-state index contributed by atoms with van der Waals surface area (Å²) in [7, 11) is 0. The van der Waals surface area contributed by atoms with Crippen LogP contribution in [-0.4, -0.2) is 31.1 Å². The van der Waals surface area contributed by atoms with E-state index in [1.165, 1.54) is 11.1 Å². The molecule has 0 aliphatic rings. The molecule has 32 heavy (non-hydrogen) atoms. The second-order valence-electron chi connectivity index (χ2n) is 7.99. The van der Waals surface area contributed by atoms with Crippen LogP contribution in [0, 0.1) is 6.92 Å². The quantitative estimate of drug-likeness (QED) is 0.412. The lowest BCUT2D eigenvalue weighted by molar-refractivity contribution is -0.121. The van der Waals surface area contributed by atoms with Crippen LogP contribution in [0.25, 0.3) is 16.7 Å². The lowest BCUT2D eigenvalue weighted by atomic mass is 10.2. The Morgan fingerprint density at radius 3 is 2.62 bits per heavy atom. The van der Waals surface area contributed by atoms with Gasteiger partial charge in [0.15, 0.2) is 5.16 Å². The highest BCUT2D eigenvalue weighted by Crippen LogP contribution is 2.25. The van der Waals surface area contributed by atoms with Gasteiger partial charge in [0.25, 0.3) is 5.56 Å². The zero-order valence-electron chi connectivity index (χ0n) is 18.5. The summed E-state index contributed by atoms with van der Waals surface area (Å²) in [5.41, 5.74) is 3.02. The first kappa shape index (κ1) is 22.1. The number of amides is 1. The smallest absolute Gasteiger partial charge is 0.262 e. The molecule has 0 saturated heterocycles. The number of aromatic nitrogens is 4. The minimum atomic E-state index is -0.160. The van der Waals surface area contributed by atoms with Gasteiger partial charge in [-0.25, -0.2) is 0 Å². The van der Waals surface area contributed by atoms with E-state index in [2.05, 4.69) is 46.7 Å². The maximum absolute atomic E-state index is 13.2. The molecule has 8 heteroatoms. The second kappa shape index (κ2) is 9.56. The molecule has 4 rings (SSSR count). The Balaban J connectivity index is 1.69. The van der Waals surface area contributed by atoms with Crippen molar-refractivity contribution < 1.29 is 4.79 Å². The Kier molecular flexibility index (Phi) is 6.60. The molecule has 0 fully saturated rings. The lowest BCUT2D eigenvalue weighted by Crippen LogP contribution is -2.33. The first-order chi connectivity index (χ1) is 15.5. The number of hydrogen-bond acceptors (Lipinski definition) is 5. The topological polar surface area (TPSA) is 81.3 Å². The number of rotatable bonds is 8. The highest BCUT2D eigenvalue weighted by Gasteiger charge is 2.17. The van der Waals surface area contributed by atoms with Gasteiger partial charge in [0, 0.05) is 24.8 Å². The average molecular weight is 450 g/mol. The summed E-state index contributed by atoms with van der Waals surface area (Å²) < 4.78 is 3.48. The minimum absolute atomic E-state index is 0.0777. The molecule has 2 aromatic carbocycles. The number of hydrogen-bond donors (Lipinski definition) is 1. The van der Waals surface area contributed by atoms with Crippen molar-refractivity contribution in [2.24, 2.45) is 0 Å². The summed E-state index contributed by atoms with van der Waals surface area (Å²) >= 11 is 1.58. The number of para-hydroxylation sites is 1. The van der Waals surface area contributed by atoms with Crippen LogP contribution in [0.5, 0.6) is 0 Å². The fourth-order valence-corrected chi connectivity index (χ4v) is 4.42. The molecular formula is C24H27N5O2S. The third-order valence-electron chi connectivity index (χ3n) is 5.55. The molecule has 0 radical (unpaired) electrons. The molecule has 0 unspecified atom stereocenters. The van der Waals surface area contributed by atoms with Crippen molar-refractivity contribution in [3.63, 3.8) is 0 Å². The summed E-state index contributed by atoms with van der Waals surface area (Å²) in [6.45, 7) is 6.30. The van der Waals surface area contributed by atoms with E-state index >= 15 is 0 Å². The van der Waals surface area contributed by atoms with E-state index in [9.17, 15) is 9.59 Å². The molecule has 4 aromatic rings. The molecule has 1 N–H and O–H groups in total. The molecule has 1 atom stereocenters. The van der Waals surface area contributed by atoms with Crippen molar-refractivity contribution in [3.05, 3.63) is 70.0 Å². The Morgan fingerprint density at radius 2 is 1.88 bits per heavy atom. The largest absolute Gasteiger partial charge is 0.354 e. The van der Waals surface area contributed by atoms with Crippen LogP contribution in [0.15, 0.2) is 58.5 Å². The maximum atomic E-state index is 13.2. The minimum Gasteiger partial charge on any atom is -0.354 e. The van der Waals surface area contributed by atoms with Crippen molar-refractivity contribution in [2.45, 2.75) is 57.1 Å². The van der Waals surface area contributed by atoms with E-state index in [4.69, 9.17) is 0 Å². The van der Waals surface area contributed by atoms with Crippen LogP contribution >= 0.6 is 11.8 Å². The van der Waals surface area contributed by atoms with Gasteiger partial charge < -0.3 is 5.32 Å². The summed E-state index contributed by atoms with van der Waals surface area (Å²) in [5, 5.41) is 13.0. The normalized spacial score (nSPS) is 12.3. The molecule has 0 spiro atoms. The zero-order chi connectivity index (χ0) is 22.7. The van der Waals surface area contributed by atoms with Crippen molar-refractivity contribution in [2.75, 3.05) is 0 Å². The van der Waals surface area contributed by atoms with Crippen LogP contribution < -0.4 is 10.9 Å². The highest BCUT2D eigenvalue weighted by molar-refractivity contribution is 7.98. The predicted molar refractivity (Wildman–Crippen MR) is 128 cm³/mol. The maximum Gasteiger partial charge on any atom is 0.262 e. The average Bonchev–Trinajstić information content (AvgIpc) is 3.22. The van der Waals surface area contributed by atoms with Crippen molar-refractivity contribution in [1.29, 1.82) is 0 Å². The number of thioether (sulfide) groups is 1. The second-order valence-corrected chi connectivity index (χ2v) is 8.94. The number of aryl methyl sites for hydroxylation is 2. The van der Waals surface area contributed by atoms with E-state index < -0.39 is 0 Å². The van der Waals surface area contributed by atoms with E-state index in [-0.39, 0.29) is 30.5 Å². The molecule has 0 bridgehead atoms. The molecule has 2 aromatic heterocycles. The summed E-state index contributed by atoms with van der Waals surface area (Å²) in [6, 6.07) is 16.0. The predicted octanol–water partition coefficient (Wildman–Crippen LogP) is 3.95. The Labute approximate surface area is 190 Å². The number of carbonyl (C=O) groups excluding carboxylic acids is 1. The molecule has 0 aliphatic carbocycles. The van der Waals surface area contributed by atoms with E-state index in [1.807, 2.05) is 36.4 Å². The highest BCUT2D eigenvalue weighted by atomic mass is 32.2. The number of carbonyl (C=O) groups is 1. The van der Waals surface area contributed by atoms with Gasteiger partial charge in [0.1, 0.15) is 0 Å². The van der Waals surface area contributed by atoms with Crippen molar-refractivity contribution in [3.8, 4) is 0 Å². The molecule has 166 valence electrons. The van der Waals surface area contributed by atoms with Gasteiger partial charge in [-0.3, -0.25) is 18.6 Å². The van der Waals surface area contributed by atoms with Crippen molar-refractivity contribution >= 4 is 34.3 Å². The van der Waals surface area contributed by atoms with Gasteiger partial charge >= 0.3 is 0 Å². The SMILES string of the molecule is CC[C@H](C)NC(=O)CCn1c(=O)c2ccccc2n2c(SCc3ccc(C)cc3)nnc12. The van der Waals surface area contributed by atoms with Crippen LogP contribution in [0.3, 0.4) is 0 Å². The third-order valence-corrected chi connectivity index (χ3v) is 6.55. The Hall–Kier alpha value is -3.13. The Bertz CT molecular complexity index is 1310. The van der Waals surface area contributed by atoms with Crippen LogP contribution in [0.4, 0.5) is 0 Å². The van der Waals surface area contributed by atoms with E-state index in [0.29, 0.717) is 11.2 Å². The van der Waals surface area contributed by atoms with Crippen LogP contribution in [0.1, 0.15) is 37.8 Å². The molecular weight excluding hydrogens is 422 g/mol. The molecule has 0 saturated carbocycles. The standard InChI is InChI=1S/C24H27N5O2S/c1-4-17(3)25-21(30)13-14-28-22(31)19-7-5-6-8-20(19)29-23(28)26-27-24(29)32-15-18-11-9-16(2)10-12-18/h5-12,17H,4,13-15H2,1-3H3,(H,25,30)/t17-/m0/s1. The molecule has 0 aliphatic heterocycles. The zero-order valence-corrected chi connectivity index (χ0v) is 19.4. The fraction of sp³-hybridized carbons (Fsp3) is 0.333. The number of nitrogens with one attached hydrogen (secondary N) is 1. The molecule has 2 heterocycles. The van der Waals surface area contributed by atoms with Gasteiger partial charge in [-0.2, -0.15) is 0 Å². The van der Waals surface area contributed by atoms with Gasteiger partial charge in [-0.15, -0.1) is 10.2 Å². The Morgan fingerprint density at radius 1 is 1.12 bits per heavy atom. The number of benzene rings is 2. The van der Waals surface area contributed by atoms with Gasteiger partial charge in [0.05, 0.1) is 10.9 Å².